The van der Waals surface area contributed by atoms with E-state index in [2.05, 4.69) is 17.0 Å². The topological polar surface area (TPSA) is 20.3 Å². The largest absolute Gasteiger partial charge is 0.364 e. The van der Waals surface area contributed by atoms with Crippen LogP contribution >= 0.6 is 0 Å². The number of Topliss-reactive ketones (excluding diaryl/α,β-unsaturated/α-hetero) is 1. The van der Waals surface area contributed by atoms with E-state index >= 15 is 0 Å². The van der Waals surface area contributed by atoms with Crippen molar-refractivity contribution in [1.29, 1.82) is 0 Å². The van der Waals surface area contributed by atoms with Gasteiger partial charge in [-0.15, -0.1) is 0 Å². The predicted molar refractivity (Wildman–Crippen MR) is 87.0 cm³/mol. The third-order valence-corrected chi connectivity index (χ3v) is 4.39. The molecule has 2 nitrogen and oxygen atoms in total. The van der Waals surface area contributed by atoms with Gasteiger partial charge in [-0.2, -0.15) is 0 Å². The van der Waals surface area contributed by atoms with Gasteiger partial charge in [-0.05, 0) is 42.2 Å². The molecule has 0 saturated carbocycles. The van der Waals surface area contributed by atoms with E-state index in [1.54, 1.807) is 6.92 Å². The van der Waals surface area contributed by atoms with Crippen LogP contribution in [0.25, 0.3) is 0 Å². The van der Waals surface area contributed by atoms with Crippen molar-refractivity contribution in [3.8, 4) is 0 Å². The van der Waals surface area contributed by atoms with Crippen LogP contribution in [0.3, 0.4) is 0 Å². The molecule has 0 fully saturated rings. The average molecular weight is 297 g/mol. The second-order valence-corrected chi connectivity index (χ2v) is 5.84. The summed E-state index contributed by atoms with van der Waals surface area (Å²) in [6.45, 7) is 5.20. The first-order valence-electron chi connectivity index (χ1n) is 7.75. The molecule has 0 bridgehead atoms. The van der Waals surface area contributed by atoms with E-state index < -0.39 is 0 Å². The smallest absolute Gasteiger partial charge is 0.162 e. The van der Waals surface area contributed by atoms with E-state index in [1.807, 2.05) is 25.1 Å². The van der Waals surface area contributed by atoms with Gasteiger partial charge in [0.1, 0.15) is 5.82 Å². The van der Waals surface area contributed by atoms with Crippen molar-refractivity contribution >= 4 is 11.5 Å². The SMILES string of the molecule is CCC(=O)c1cc(F)c(N2CCc3ccccc3C2)cc1C. The first kappa shape index (κ1) is 14.8. The van der Waals surface area contributed by atoms with E-state index in [0.29, 0.717) is 24.2 Å². The Morgan fingerprint density at radius 1 is 1.23 bits per heavy atom. The molecule has 0 atom stereocenters. The number of hydrogen-bond acceptors (Lipinski definition) is 2. The highest BCUT2D eigenvalue weighted by Crippen LogP contribution is 2.29. The Kier molecular flexibility index (Phi) is 3.97. The minimum Gasteiger partial charge on any atom is -0.364 e. The molecule has 0 spiro atoms. The number of fused-ring (bicyclic) bond motifs is 1. The first-order chi connectivity index (χ1) is 10.6. The molecule has 3 heteroatoms. The van der Waals surface area contributed by atoms with Gasteiger partial charge in [0.2, 0.25) is 0 Å². The van der Waals surface area contributed by atoms with Crippen molar-refractivity contribution in [1.82, 2.24) is 0 Å². The molecule has 0 saturated heterocycles. The minimum atomic E-state index is -0.304. The summed E-state index contributed by atoms with van der Waals surface area (Å²) in [7, 11) is 0. The summed E-state index contributed by atoms with van der Waals surface area (Å²) in [4.78, 5) is 13.9. The van der Waals surface area contributed by atoms with Crippen molar-refractivity contribution in [2.75, 3.05) is 11.4 Å². The number of rotatable bonds is 3. The number of nitrogens with zero attached hydrogens (tertiary/aromatic N) is 1. The van der Waals surface area contributed by atoms with E-state index in [-0.39, 0.29) is 11.6 Å². The number of carbonyl (C=O) groups excluding carboxylic acids is 1. The average Bonchev–Trinajstić information content (AvgIpc) is 2.55. The number of hydrogen-bond donors (Lipinski definition) is 0. The molecule has 0 unspecified atom stereocenters. The van der Waals surface area contributed by atoms with Gasteiger partial charge in [0.15, 0.2) is 5.78 Å². The van der Waals surface area contributed by atoms with E-state index in [4.69, 9.17) is 0 Å². The van der Waals surface area contributed by atoms with Gasteiger partial charge in [-0.3, -0.25) is 4.79 Å². The fraction of sp³-hybridized carbons (Fsp3) is 0.316. The number of halogens is 1. The van der Waals surface area contributed by atoms with Crippen LogP contribution in [0.2, 0.25) is 0 Å². The van der Waals surface area contributed by atoms with Crippen molar-refractivity contribution in [3.63, 3.8) is 0 Å². The molecular weight excluding hydrogens is 277 g/mol. The Hall–Kier alpha value is -2.16. The van der Waals surface area contributed by atoms with Crippen LogP contribution in [0.15, 0.2) is 36.4 Å². The third kappa shape index (κ3) is 2.63. The maximum Gasteiger partial charge on any atom is 0.162 e. The van der Waals surface area contributed by atoms with E-state index in [9.17, 15) is 9.18 Å². The Morgan fingerprint density at radius 3 is 2.68 bits per heavy atom. The molecule has 1 aliphatic rings. The molecule has 0 radical (unpaired) electrons. The highest BCUT2D eigenvalue weighted by Gasteiger charge is 2.20. The summed E-state index contributed by atoms with van der Waals surface area (Å²) >= 11 is 0. The quantitative estimate of drug-likeness (QED) is 0.788. The highest BCUT2D eigenvalue weighted by atomic mass is 19.1. The van der Waals surface area contributed by atoms with E-state index in [1.165, 1.54) is 17.2 Å². The van der Waals surface area contributed by atoms with Crippen molar-refractivity contribution in [2.24, 2.45) is 0 Å². The molecule has 1 aliphatic heterocycles. The van der Waals surface area contributed by atoms with Crippen LogP contribution in [0.4, 0.5) is 10.1 Å². The van der Waals surface area contributed by atoms with E-state index in [0.717, 1.165) is 18.5 Å². The summed E-state index contributed by atoms with van der Waals surface area (Å²) < 4.78 is 14.5. The summed E-state index contributed by atoms with van der Waals surface area (Å²) in [5, 5.41) is 0. The monoisotopic (exact) mass is 297 g/mol. The Bertz CT molecular complexity index is 723. The number of anilines is 1. The molecule has 22 heavy (non-hydrogen) atoms. The Labute approximate surface area is 130 Å². The summed E-state index contributed by atoms with van der Waals surface area (Å²) in [5.74, 6) is -0.311. The molecular formula is C19H20FNO. The second kappa shape index (κ2) is 5.91. The normalized spacial score (nSPS) is 13.9. The number of aryl methyl sites for hydroxylation is 1. The molecule has 0 N–H and O–H groups in total. The summed E-state index contributed by atoms with van der Waals surface area (Å²) in [5.41, 5.74) is 4.54. The van der Waals surface area contributed by atoms with Crippen LogP contribution in [0.5, 0.6) is 0 Å². The van der Waals surface area contributed by atoms with Crippen LogP contribution in [0.1, 0.15) is 40.4 Å². The standard InChI is InChI=1S/C19H20FNO/c1-3-19(22)16-11-17(20)18(10-13(16)2)21-9-8-14-6-4-5-7-15(14)12-21/h4-7,10-11H,3,8-9,12H2,1-2H3. The highest BCUT2D eigenvalue weighted by molar-refractivity contribution is 5.97. The molecule has 3 rings (SSSR count). The van der Waals surface area contributed by atoms with Crippen molar-refractivity contribution < 1.29 is 9.18 Å². The number of carbonyl (C=O) groups is 1. The zero-order valence-corrected chi connectivity index (χ0v) is 13.0. The zero-order valence-electron chi connectivity index (χ0n) is 13.0. The Balaban J connectivity index is 1.93. The van der Waals surface area contributed by atoms with Gasteiger partial charge in [-0.25, -0.2) is 4.39 Å². The number of ketones is 1. The summed E-state index contributed by atoms with van der Waals surface area (Å²) in [6.07, 6.45) is 1.32. The lowest BCUT2D eigenvalue weighted by molar-refractivity contribution is 0.0987. The van der Waals surface area contributed by atoms with Gasteiger partial charge in [-0.1, -0.05) is 31.2 Å². The number of benzene rings is 2. The maximum atomic E-state index is 14.5. The predicted octanol–water partition coefficient (Wildman–Crippen LogP) is 4.29. The maximum absolute atomic E-state index is 14.5. The van der Waals surface area contributed by atoms with Gasteiger partial charge in [0.25, 0.3) is 0 Å². The molecule has 0 amide bonds. The van der Waals surface area contributed by atoms with Gasteiger partial charge in [0.05, 0.1) is 5.69 Å². The molecule has 2 aromatic rings. The van der Waals surface area contributed by atoms with Crippen LogP contribution in [-0.4, -0.2) is 12.3 Å². The van der Waals surface area contributed by atoms with Crippen LogP contribution in [0, 0.1) is 12.7 Å². The fourth-order valence-electron chi connectivity index (χ4n) is 3.10. The second-order valence-electron chi connectivity index (χ2n) is 5.84. The Morgan fingerprint density at radius 2 is 1.95 bits per heavy atom. The molecule has 1 heterocycles. The van der Waals surface area contributed by atoms with Crippen LogP contribution < -0.4 is 4.90 Å². The molecule has 2 aromatic carbocycles. The van der Waals surface area contributed by atoms with Crippen molar-refractivity contribution in [3.05, 3.63) is 64.5 Å². The fourth-order valence-corrected chi connectivity index (χ4v) is 3.10. The molecule has 0 aromatic heterocycles. The zero-order chi connectivity index (χ0) is 15.7. The van der Waals surface area contributed by atoms with Gasteiger partial charge >= 0.3 is 0 Å². The lowest BCUT2D eigenvalue weighted by atomic mass is 9.97. The first-order valence-corrected chi connectivity index (χ1v) is 7.75. The molecule has 114 valence electrons. The van der Waals surface area contributed by atoms with Crippen LogP contribution in [-0.2, 0) is 13.0 Å². The summed E-state index contributed by atoms with van der Waals surface area (Å²) in [6, 6.07) is 11.5. The van der Waals surface area contributed by atoms with Crippen molar-refractivity contribution in [2.45, 2.75) is 33.2 Å². The third-order valence-electron chi connectivity index (χ3n) is 4.39. The van der Waals surface area contributed by atoms with Gasteiger partial charge in [0, 0.05) is 25.1 Å². The molecule has 0 aliphatic carbocycles. The lowest BCUT2D eigenvalue weighted by Gasteiger charge is -2.31. The minimum absolute atomic E-state index is 0.00746. The lowest BCUT2D eigenvalue weighted by Crippen LogP contribution is -2.31. The van der Waals surface area contributed by atoms with Gasteiger partial charge < -0.3 is 4.90 Å².